The minimum absolute atomic E-state index is 0.103. The molecule has 0 fully saturated rings. The van der Waals surface area contributed by atoms with Crippen LogP contribution in [0.2, 0.25) is 0 Å². The van der Waals surface area contributed by atoms with Gasteiger partial charge in [0, 0.05) is 31.3 Å². The molecule has 10 heteroatoms. The lowest BCUT2D eigenvalue weighted by atomic mass is 10.0. The summed E-state index contributed by atoms with van der Waals surface area (Å²) in [6.07, 6.45) is 3.11. The third-order valence-electron chi connectivity index (χ3n) is 6.99. The largest absolute Gasteiger partial charge is 0.493 e. The maximum Gasteiger partial charge on any atom is 0.330 e. The SMILES string of the molecule is CCOc1cc2c(cc1OC)-c1cc(=Nc3c(C)cc(C)cc3C)n(CCNc3ncn[nH]3)c(=O)n1CCC2. The first-order valence-corrected chi connectivity index (χ1v) is 13.3. The molecule has 0 saturated carbocycles. The molecule has 10 nitrogen and oxygen atoms in total. The monoisotopic (exact) mass is 529 g/mol. The summed E-state index contributed by atoms with van der Waals surface area (Å²) in [5.41, 5.74) is 7.61. The van der Waals surface area contributed by atoms with E-state index in [1.807, 2.05) is 29.7 Å². The number of hydrogen-bond donors (Lipinski definition) is 2. The standard InChI is InChI=1S/C29H35N7O3/c1-6-39-25-14-21-8-7-10-35-23(22(21)15-24(25)38-5)16-26(33-27-19(3)12-18(2)13-20(27)4)36(29(35)37)11-9-30-28-31-17-32-34-28/h12-17H,6-11H2,1-5H3,(H2,30,31,32,34). The first-order chi connectivity index (χ1) is 18.9. The number of aromatic nitrogens is 5. The van der Waals surface area contributed by atoms with Gasteiger partial charge in [-0.15, -0.1) is 0 Å². The molecule has 39 heavy (non-hydrogen) atoms. The van der Waals surface area contributed by atoms with Crippen molar-refractivity contribution >= 4 is 11.6 Å². The topological polar surface area (TPSA) is 111 Å². The van der Waals surface area contributed by atoms with Crippen molar-refractivity contribution in [3.05, 3.63) is 74.9 Å². The molecule has 1 aliphatic heterocycles. The average molecular weight is 530 g/mol. The van der Waals surface area contributed by atoms with Crippen molar-refractivity contribution in [2.75, 3.05) is 25.6 Å². The highest BCUT2D eigenvalue weighted by Gasteiger charge is 2.21. The number of ether oxygens (including phenoxy) is 2. The van der Waals surface area contributed by atoms with Gasteiger partial charge in [-0.1, -0.05) is 17.7 Å². The van der Waals surface area contributed by atoms with Gasteiger partial charge in [-0.3, -0.25) is 9.13 Å². The van der Waals surface area contributed by atoms with E-state index in [1.54, 1.807) is 11.7 Å². The van der Waals surface area contributed by atoms with Crippen LogP contribution >= 0.6 is 0 Å². The third-order valence-corrected chi connectivity index (χ3v) is 6.99. The molecule has 5 rings (SSSR count). The maximum atomic E-state index is 14.1. The summed E-state index contributed by atoms with van der Waals surface area (Å²) in [5.74, 6) is 1.92. The minimum Gasteiger partial charge on any atom is -0.493 e. The highest BCUT2D eigenvalue weighted by atomic mass is 16.5. The molecule has 1 aliphatic rings. The van der Waals surface area contributed by atoms with Crippen molar-refractivity contribution in [1.29, 1.82) is 0 Å². The normalized spacial score (nSPS) is 13.0. The number of benzene rings is 2. The van der Waals surface area contributed by atoms with E-state index in [4.69, 9.17) is 14.5 Å². The summed E-state index contributed by atoms with van der Waals surface area (Å²) in [6.45, 7) is 10.2. The minimum atomic E-state index is -0.103. The Morgan fingerprint density at radius 2 is 1.90 bits per heavy atom. The van der Waals surface area contributed by atoms with Crippen LogP contribution in [-0.4, -0.2) is 44.6 Å². The summed E-state index contributed by atoms with van der Waals surface area (Å²) in [7, 11) is 1.64. The lowest BCUT2D eigenvalue weighted by molar-refractivity contribution is 0.310. The molecule has 2 N–H and O–H groups in total. The molecular weight excluding hydrogens is 494 g/mol. The summed E-state index contributed by atoms with van der Waals surface area (Å²) in [6, 6.07) is 10.3. The van der Waals surface area contributed by atoms with E-state index in [2.05, 4.69) is 53.4 Å². The molecule has 0 amide bonds. The lowest BCUT2D eigenvalue weighted by Crippen LogP contribution is -2.42. The predicted octanol–water partition coefficient (Wildman–Crippen LogP) is 4.06. The van der Waals surface area contributed by atoms with Gasteiger partial charge in [0.05, 0.1) is 25.1 Å². The number of hydrogen-bond acceptors (Lipinski definition) is 7. The van der Waals surface area contributed by atoms with Gasteiger partial charge < -0.3 is 14.8 Å². The van der Waals surface area contributed by atoms with Crippen molar-refractivity contribution in [3.63, 3.8) is 0 Å². The van der Waals surface area contributed by atoms with E-state index in [-0.39, 0.29) is 5.69 Å². The van der Waals surface area contributed by atoms with E-state index < -0.39 is 0 Å². The Kier molecular flexibility index (Phi) is 7.53. The van der Waals surface area contributed by atoms with Crippen LogP contribution in [0.25, 0.3) is 11.3 Å². The predicted molar refractivity (Wildman–Crippen MR) is 151 cm³/mol. The van der Waals surface area contributed by atoms with E-state index in [0.29, 0.717) is 43.4 Å². The van der Waals surface area contributed by atoms with Gasteiger partial charge in [0.15, 0.2) is 11.5 Å². The molecule has 0 atom stereocenters. The van der Waals surface area contributed by atoms with Crippen molar-refractivity contribution in [2.24, 2.45) is 4.99 Å². The molecule has 0 spiro atoms. The quantitative estimate of drug-likeness (QED) is 0.356. The average Bonchev–Trinajstić information content (AvgIpc) is 3.36. The zero-order chi connectivity index (χ0) is 27.5. The summed E-state index contributed by atoms with van der Waals surface area (Å²) < 4.78 is 15.1. The van der Waals surface area contributed by atoms with Crippen molar-refractivity contribution < 1.29 is 9.47 Å². The number of fused-ring (bicyclic) bond motifs is 3. The fourth-order valence-corrected chi connectivity index (χ4v) is 5.31. The molecule has 3 heterocycles. The van der Waals surface area contributed by atoms with Gasteiger partial charge >= 0.3 is 5.69 Å². The number of anilines is 1. The Morgan fingerprint density at radius 3 is 2.59 bits per heavy atom. The Hall–Kier alpha value is -4.34. The number of aromatic amines is 1. The van der Waals surface area contributed by atoms with Crippen LogP contribution < -0.4 is 26.0 Å². The Labute approximate surface area is 227 Å². The third kappa shape index (κ3) is 5.32. The molecule has 2 aromatic carbocycles. The van der Waals surface area contributed by atoms with Crippen molar-refractivity contribution in [1.82, 2.24) is 24.3 Å². The van der Waals surface area contributed by atoms with Crippen LogP contribution in [-0.2, 0) is 19.5 Å². The van der Waals surface area contributed by atoms with Crippen LogP contribution in [0.15, 0.2) is 46.4 Å². The number of nitrogens with one attached hydrogen (secondary N) is 2. The molecule has 0 bridgehead atoms. The number of H-pyrrole nitrogens is 1. The van der Waals surface area contributed by atoms with Crippen LogP contribution in [0.1, 0.15) is 35.6 Å². The van der Waals surface area contributed by atoms with E-state index in [1.165, 1.54) is 11.9 Å². The zero-order valence-electron chi connectivity index (χ0n) is 23.2. The van der Waals surface area contributed by atoms with Gasteiger partial charge in [0.2, 0.25) is 5.95 Å². The molecule has 204 valence electrons. The van der Waals surface area contributed by atoms with Crippen molar-refractivity contribution in [2.45, 2.75) is 53.6 Å². The Morgan fingerprint density at radius 1 is 1.10 bits per heavy atom. The number of rotatable bonds is 8. The maximum absolute atomic E-state index is 14.1. The number of aryl methyl sites for hydroxylation is 4. The van der Waals surface area contributed by atoms with E-state index in [9.17, 15) is 4.79 Å². The van der Waals surface area contributed by atoms with Gasteiger partial charge in [0.1, 0.15) is 11.8 Å². The lowest BCUT2D eigenvalue weighted by Gasteiger charge is -2.18. The molecule has 4 aromatic rings. The van der Waals surface area contributed by atoms with E-state index in [0.717, 1.165) is 52.2 Å². The Bertz CT molecular complexity index is 1590. The molecular formula is C29H35N7O3. The number of nitrogens with zero attached hydrogens (tertiary/aromatic N) is 5. The van der Waals surface area contributed by atoms with E-state index >= 15 is 0 Å². The van der Waals surface area contributed by atoms with Gasteiger partial charge in [-0.25, -0.2) is 19.9 Å². The number of methoxy groups -OCH3 is 1. The highest BCUT2D eigenvalue weighted by Crippen LogP contribution is 2.37. The summed E-state index contributed by atoms with van der Waals surface area (Å²) in [4.78, 5) is 23.3. The Balaban J connectivity index is 1.71. The van der Waals surface area contributed by atoms with Gasteiger partial charge in [-0.05, 0) is 69.4 Å². The van der Waals surface area contributed by atoms with Crippen LogP contribution in [0.5, 0.6) is 11.5 Å². The second-order valence-corrected chi connectivity index (χ2v) is 9.79. The van der Waals surface area contributed by atoms with Crippen LogP contribution in [0, 0.1) is 20.8 Å². The van der Waals surface area contributed by atoms with Crippen LogP contribution in [0.3, 0.4) is 0 Å². The fraction of sp³-hybridized carbons (Fsp3) is 0.379. The molecule has 0 saturated heterocycles. The van der Waals surface area contributed by atoms with Gasteiger partial charge in [-0.2, -0.15) is 5.10 Å². The van der Waals surface area contributed by atoms with Crippen LogP contribution in [0.4, 0.5) is 11.6 Å². The second kappa shape index (κ2) is 11.2. The zero-order valence-corrected chi connectivity index (χ0v) is 23.2. The summed E-state index contributed by atoms with van der Waals surface area (Å²) in [5, 5.41) is 9.87. The van der Waals surface area contributed by atoms with Gasteiger partial charge in [0.25, 0.3) is 0 Å². The summed E-state index contributed by atoms with van der Waals surface area (Å²) >= 11 is 0. The molecule has 0 unspecified atom stereocenters. The highest BCUT2D eigenvalue weighted by molar-refractivity contribution is 5.69. The molecule has 0 aliphatic carbocycles. The van der Waals surface area contributed by atoms with Crippen molar-refractivity contribution in [3.8, 4) is 22.8 Å². The first kappa shape index (κ1) is 26.3. The second-order valence-electron chi connectivity index (χ2n) is 9.79. The fourth-order valence-electron chi connectivity index (χ4n) is 5.31. The molecule has 0 radical (unpaired) electrons. The smallest absolute Gasteiger partial charge is 0.330 e. The first-order valence-electron chi connectivity index (χ1n) is 13.3. The molecule has 2 aromatic heterocycles.